The van der Waals surface area contributed by atoms with Crippen molar-refractivity contribution in [2.75, 3.05) is 13.1 Å². The van der Waals surface area contributed by atoms with Crippen LogP contribution in [0.1, 0.15) is 42.4 Å². The van der Waals surface area contributed by atoms with Crippen LogP contribution in [-0.2, 0) is 7.05 Å². The van der Waals surface area contributed by atoms with Crippen LogP contribution in [0.3, 0.4) is 0 Å². The van der Waals surface area contributed by atoms with Crippen molar-refractivity contribution in [2.24, 2.45) is 7.05 Å². The number of carbonyl (C=O) groups excluding carboxylic acids is 1. The van der Waals surface area contributed by atoms with Crippen molar-refractivity contribution < 1.29 is 14.1 Å². The zero-order valence-electron chi connectivity index (χ0n) is 16.2. The molecule has 1 unspecified atom stereocenters. The zero-order valence-corrected chi connectivity index (χ0v) is 16.2. The summed E-state index contributed by atoms with van der Waals surface area (Å²) in [7, 11) is 1.80. The summed E-state index contributed by atoms with van der Waals surface area (Å²) in [5, 5.41) is 8.08. The van der Waals surface area contributed by atoms with Gasteiger partial charge in [-0.3, -0.25) is 9.48 Å². The van der Waals surface area contributed by atoms with Crippen molar-refractivity contribution in [1.29, 1.82) is 0 Å². The molecule has 1 amide bonds. The lowest BCUT2D eigenvalue weighted by Crippen LogP contribution is -2.30. The van der Waals surface area contributed by atoms with Crippen LogP contribution in [0.2, 0.25) is 0 Å². The minimum Gasteiger partial charge on any atom is -0.489 e. The molecule has 1 aromatic carbocycles. The zero-order chi connectivity index (χ0) is 19.7. The predicted octanol–water partition coefficient (Wildman–Crippen LogP) is 2.89. The van der Waals surface area contributed by atoms with Gasteiger partial charge in [0.25, 0.3) is 5.91 Å². The second-order valence-electron chi connectivity index (χ2n) is 7.32. The van der Waals surface area contributed by atoms with Crippen LogP contribution >= 0.6 is 0 Å². The van der Waals surface area contributed by atoms with Gasteiger partial charge in [-0.15, -0.1) is 0 Å². The first kappa shape index (κ1) is 18.2. The largest absolute Gasteiger partial charge is 0.489 e. The maximum absolute atomic E-state index is 12.5. The summed E-state index contributed by atoms with van der Waals surface area (Å²) in [4.78, 5) is 18.7. The van der Waals surface area contributed by atoms with Gasteiger partial charge in [0.2, 0.25) is 11.7 Å². The van der Waals surface area contributed by atoms with Crippen LogP contribution in [-0.4, -0.2) is 49.9 Å². The highest BCUT2D eigenvalue weighted by Crippen LogP contribution is 2.24. The third kappa shape index (κ3) is 3.76. The van der Waals surface area contributed by atoms with Crippen LogP contribution in [0.4, 0.5) is 0 Å². The molecule has 0 aliphatic carbocycles. The Morgan fingerprint density at radius 1 is 1.29 bits per heavy atom. The predicted molar refractivity (Wildman–Crippen MR) is 102 cm³/mol. The highest BCUT2D eigenvalue weighted by Gasteiger charge is 2.28. The number of nitrogens with zero attached hydrogens (tertiary/aromatic N) is 5. The molecule has 1 atom stereocenters. The number of hydrogen-bond donors (Lipinski definition) is 0. The van der Waals surface area contributed by atoms with Gasteiger partial charge < -0.3 is 14.2 Å². The Hall–Kier alpha value is -3.16. The van der Waals surface area contributed by atoms with Crippen molar-refractivity contribution in [3.8, 4) is 17.1 Å². The summed E-state index contributed by atoms with van der Waals surface area (Å²) < 4.78 is 12.9. The van der Waals surface area contributed by atoms with Crippen molar-refractivity contribution in [2.45, 2.75) is 32.3 Å². The van der Waals surface area contributed by atoms with Gasteiger partial charge in [-0.25, -0.2) is 0 Å². The van der Waals surface area contributed by atoms with E-state index in [0.717, 1.165) is 17.7 Å². The van der Waals surface area contributed by atoms with E-state index < -0.39 is 0 Å². The van der Waals surface area contributed by atoms with Crippen LogP contribution in [0.5, 0.6) is 5.75 Å². The number of aryl methyl sites for hydroxylation is 1. The van der Waals surface area contributed by atoms with Gasteiger partial charge in [0.05, 0.1) is 18.3 Å². The van der Waals surface area contributed by atoms with Crippen molar-refractivity contribution in [1.82, 2.24) is 24.8 Å². The molecule has 0 radical (unpaired) electrons. The van der Waals surface area contributed by atoms with E-state index in [4.69, 9.17) is 9.26 Å². The monoisotopic (exact) mass is 381 g/mol. The number of benzene rings is 1. The molecule has 4 rings (SSSR count). The molecule has 0 N–H and O–H groups in total. The molecule has 2 aromatic heterocycles. The number of aromatic nitrogens is 4. The van der Waals surface area contributed by atoms with Gasteiger partial charge in [-0.05, 0) is 24.3 Å². The van der Waals surface area contributed by atoms with Gasteiger partial charge in [-0.1, -0.05) is 19.0 Å². The second kappa shape index (κ2) is 7.46. The van der Waals surface area contributed by atoms with Crippen LogP contribution < -0.4 is 4.74 Å². The van der Waals surface area contributed by atoms with Crippen molar-refractivity contribution >= 4 is 5.91 Å². The maximum atomic E-state index is 12.5. The van der Waals surface area contributed by atoms with Gasteiger partial charge in [0.15, 0.2) is 0 Å². The lowest BCUT2D eigenvalue weighted by Gasteiger charge is -2.16. The van der Waals surface area contributed by atoms with Gasteiger partial charge in [-0.2, -0.15) is 10.1 Å². The smallest absolute Gasteiger partial charge is 0.257 e. The van der Waals surface area contributed by atoms with Gasteiger partial charge >= 0.3 is 0 Å². The van der Waals surface area contributed by atoms with Crippen molar-refractivity contribution in [3.63, 3.8) is 0 Å². The van der Waals surface area contributed by atoms with Crippen LogP contribution in [0.15, 0.2) is 41.2 Å². The highest BCUT2D eigenvalue weighted by molar-refractivity contribution is 5.93. The van der Waals surface area contributed by atoms with Gasteiger partial charge in [0.1, 0.15) is 11.9 Å². The molecule has 3 heterocycles. The van der Waals surface area contributed by atoms with E-state index in [2.05, 4.69) is 15.2 Å². The molecule has 28 heavy (non-hydrogen) atoms. The molecule has 0 bridgehead atoms. The molecule has 3 aromatic rings. The van der Waals surface area contributed by atoms with E-state index in [1.807, 2.05) is 43.0 Å². The topological polar surface area (TPSA) is 86.3 Å². The van der Waals surface area contributed by atoms with E-state index in [9.17, 15) is 4.79 Å². The van der Waals surface area contributed by atoms with Crippen molar-refractivity contribution in [3.05, 3.63) is 48.1 Å². The fraction of sp³-hybridized carbons (Fsp3) is 0.400. The average Bonchev–Trinajstić information content (AvgIpc) is 3.42. The lowest BCUT2D eigenvalue weighted by molar-refractivity contribution is 0.0772. The summed E-state index contributed by atoms with van der Waals surface area (Å²) in [5.74, 6) is 2.15. The quantitative estimate of drug-likeness (QED) is 0.675. The molecule has 8 nitrogen and oxygen atoms in total. The number of carbonyl (C=O) groups is 1. The van der Waals surface area contributed by atoms with E-state index >= 15 is 0 Å². The van der Waals surface area contributed by atoms with E-state index in [0.29, 0.717) is 30.4 Å². The fourth-order valence-electron chi connectivity index (χ4n) is 3.19. The summed E-state index contributed by atoms with van der Waals surface area (Å²) in [6, 6.07) is 7.62. The number of ether oxygens (including phenoxy) is 1. The lowest BCUT2D eigenvalue weighted by atomic mass is 10.2. The standard InChI is InChI=1S/C20H23N5O3/c1-13(2)19-22-18(23-28-19)14-4-6-16(7-5-14)27-17-8-9-25(12-17)20(26)15-10-21-24(3)11-15/h4-7,10-11,13,17H,8-9,12H2,1-3H3. The second-order valence-corrected chi connectivity index (χ2v) is 7.32. The van der Waals surface area contributed by atoms with Crippen LogP contribution in [0, 0.1) is 0 Å². The first-order valence-electron chi connectivity index (χ1n) is 9.38. The molecule has 8 heteroatoms. The van der Waals surface area contributed by atoms with E-state index in [-0.39, 0.29) is 17.9 Å². The number of rotatable bonds is 5. The highest BCUT2D eigenvalue weighted by atomic mass is 16.5. The normalized spacial score (nSPS) is 16.7. The first-order valence-corrected chi connectivity index (χ1v) is 9.38. The van der Waals surface area contributed by atoms with Crippen LogP contribution in [0.25, 0.3) is 11.4 Å². The molecule has 1 saturated heterocycles. The Morgan fingerprint density at radius 3 is 2.71 bits per heavy atom. The first-order chi connectivity index (χ1) is 13.5. The van der Waals surface area contributed by atoms with E-state index in [1.54, 1.807) is 24.1 Å². The third-order valence-electron chi connectivity index (χ3n) is 4.73. The molecular formula is C20H23N5O3. The Labute approximate surface area is 163 Å². The third-order valence-corrected chi connectivity index (χ3v) is 4.73. The SMILES string of the molecule is CC(C)c1nc(-c2ccc(OC3CCN(C(=O)c4cnn(C)c4)C3)cc2)no1. The molecule has 146 valence electrons. The number of hydrogen-bond acceptors (Lipinski definition) is 6. The summed E-state index contributed by atoms with van der Waals surface area (Å²) >= 11 is 0. The molecule has 1 aliphatic heterocycles. The molecule has 1 aliphatic rings. The number of likely N-dealkylation sites (tertiary alicyclic amines) is 1. The molecule has 0 spiro atoms. The molecule has 0 saturated carbocycles. The summed E-state index contributed by atoms with van der Waals surface area (Å²) in [5.41, 5.74) is 1.48. The van der Waals surface area contributed by atoms with E-state index in [1.165, 1.54) is 0 Å². The number of amides is 1. The minimum absolute atomic E-state index is 0.00684. The summed E-state index contributed by atoms with van der Waals surface area (Å²) in [6.45, 7) is 5.27. The Morgan fingerprint density at radius 2 is 2.07 bits per heavy atom. The fourth-order valence-corrected chi connectivity index (χ4v) is 3.19. The van der Waals surface area contributed by atoms with Gasteiger partial charge in [0, 0.05) is 37.7 Å². The Kier molecular flexibility index (Phi) is 4.85. The maximum Gasteiger partial charge on any atom is 0.257 e. The minimum atomic E-state index is -0.0239. The molecular weight excluding hydrogens is 358 g/mol. The molecule has 1 fully saturated rings. The Balaban J connectivity index is 1.36. The Bertz CT molecular complexity index is 960. The summed E-state index contributed by atoms with van der Waals surface area (Å²) in [6.07, 6.45) is 4.11. The average molecular weight is 381 g/mol.